The van der Waals surface area contributed by atoms with Crippen LogP contribution in [0.5, 0.6) is 0 Å². The van der Waals surface area contributed by atoms with Crippen LogP contribution < -0.4 is 16.0 Å². The summed E-state index contributed by atoms with van der Waals surface area (Å²) in [7, 11) is -3.86. The molecule has 1 aliphatic carbocycles. The van der Waals surface area contributed by atoms with E-state index >= 15 is 0 Å². The number of aliphatic hydroxyl groups is 1. The monoisotopic (exact) mass is 594 g/mol. The van der Waals surface area contributed by atoms with E-state index in [0.717, 1.165) is 19.3 Å². The van der Waals surface area contributed by atoms with Crippen molar-refractivity contribution in [3.05, 3.63) is 72.0 Å². The van der Waals surface area contributed by atoms with Gasteiger partial charge in [-0.05, 0) is 50.3 Å². The lowest BCUT2D eigenvalue weighted by atomic mass is 9.90. The third-order valence-corrected chi connectivity index (χ3v) is 9.72. The van der Waals surface area contributed by atoms with Crippen molar-refractivity contribution in [2.24, 2.45) is 0 Å². The number of halogens is 1. The van der Waals surface area contributed by atoms with E-state index in [1.165, 1.54) is 10.2 Å². The normalized spacial score (nSPS) is 23.0. The van der Waals surface area contributed by atoms with Gasteiger partial charge in [0.05, 0.1) is 39.5 Å². The number of anilines is 1. The number of carbonyl (C=O) groups excluding carboxylic acids is 1. The summed E-state index contributed by atoms with van der Waals surface area (Å²) in [5.41, 5.74) is 1.52. The predicted molar refractivity (Wildman–Crippen MR) is 157 cm³/mol. The lowest BCUT2D eigenvalue weighted by molar-refractivity contribution is -0.123. The summed E-state index contributed by atoms with van der Waals surface area (Å²) in [5.74, 6) is 0.295. The smallest absolute Gasteiger partial charge is 0.268 e. The van der Waals surface area contributed by atoms with Crippen molar-refractivity contribution in [2.45, 2.75) is 61.2 Å². The minimum absolute atomic E-state index is 0.00114. The third kappa shape index (κ3) is 5.67. The second-order valence-corrected chi connectivity index (χ2v) is 12.8. The molecule has 12 heteroatoms. The quantitative estimate of drug-likeness (QED) is 0.255. The summed E-state index contributed by atoms with van der Waals surface area (Å²) < 4.78 is 28.4. The van der Waals surface area contributed by atoms with Crippen LogP contribution in [-0.4, -0.2) is 64.1 Å². The van der Waals surface area contributed by atoms with E-state index < -0.39 is 16.1 Å². The molecule has 4 atom stereocenters. The molecule has 3 heterocycles. The Morgan fingerprint density at radius 3 is 2.59 bits per heavy atom. The molecular weight excluding hydrogens is 564 g/mol. The Balaban J connectivity index is 1.25. The van der Waals surface area contributed by atoms with E-state index in [-0.39, 0.29) is 28.9 Å². The number of aliphatic hydroxyl groups excluding tert-OH is 1. The van der Waals surface area contributed by atoms with Crippen molar-refractivity contribution in [3.8, 4) is 11.3 Å². The Morgan fingerprint density at radius 2 is 1.80 bits per heavy atom. The molecule has 1 amide bonds. The minimum atomic E-state index is -3.86. The molecule has 214 valence electrons. The van der Waals surface area contributed by atoms with Crippen molar-refractivity contribution >= 4 is 44.4 Å². The summed E-state index contributed by atoms with van der Waals surface area (Å²) in [6, 6.07) is 15.2. The molecule has 0 radical (unpaired) electrons. The van der Waals surface area contributed by atoms with Gasteiger partial charge < -0.3 is 21.1 Å². The second-order valence-electron chi connectivity index (χ2n) is 10.6. The third-order valence-electron chi connectivity index (χ3n) is 7.76. The molecule has 2 fully saturated rings. The Kier molecular flexibility index (Phi) is 7.69. The van der Waals surface area contributed by atoms with Crippen LogP contribution in [0.1, 0.15) is 32.1 Å². The van der Waals surface area contributed by atoms with Crippen LogP contribution >= 0.6 is 11.6 Å². The molecule has 0 spiro atoms. The lowest BCUT2D eigenvalue weighted by Gasteiger charge is -2.31. The average molecular weight is 595 g/mol. The molecule has 1 saturated heterocycles. The van der Waals surface area contributed by atoms with Crippen molar-refractivity contribution in [1.29, 1.82) is 0 Å². The highest BCUT2D eigenvalue weighted by Crippen LogP contribution is 2.36. The van der Waals surface area contributed by atoms with Gasteiger partial charge in [-0.2, -0.15) is 0 Å². The number of rotatable bonds is 7. The number of para-hydroxylation sites is 1. The molecule has 2 aliphatic rings. The van der Waals surface area contributed by atoms with Crippen LogP contribution in [0.3, 0.4) is 0 Å². The van der Waals surface area contributed by atoms with E-state index in [1.807, 2.05) is 12.1 Å². The van der Waals surface area contributed by atoms with E-state index in [1.54, 1.807) is 48.7 Å². The number of hydrogen-bond acceptors (Lipinski definition) is 8. The molecule has 0 unspecified atom stereocenters. The molecule has 1 saturated carbocycles. The van der Waals surface area contributed by atoms with Gasteiger partial charge in [-0.15, -0.1) is 0 Å². The summed E-state index contributed by atoms with van der Waals surface area (Å²) in [6.45, 7) is 0.431. The van der Waals surface area contributed by atoms with Gasteiger partial charge in [0.2, 0.25) is 11.9 Å². The highest BCUT2D eigenvalue weighted by molar-refractivity contribution is 7.90. The van der Waals surface area contributed by atoms with Gasteiger partial charge in [0, 0.05) is 35.8 Å². The molecule has 2 aromatic carbocycles. The minimum Gasteiger partial charge on any atom is -0.392 e. The van der Waals surface area contributed by atoms with Gasteiger partial charge in [-0.25, -0.2) is 22.4 Å². The number of hydrogen-bond donors (Lipinski definition) is 4. The lowest BCUT2D eigenvalue weighted by Crippen LogP contribution is -2.48. The number of nitrogens with zero attached hydrogens (tertiary/aromatic N) is 3. The van der Waals surface area contributed by atoms with Crippen molar-refractivity contribution in [1.82, 2.24) is 24.6 Å². The van der Waals surface area contributed by atoms with Gasteiger partial charge >= 0.3 is 0 Å². The SMILES string of the molecule is O=C(N[C@H]1CCC[C@@H](Nc2ncc(Cl)c(-c3cn(S(=O)(=O)c4ccccc4)c4ccccc34)n2)C1)[C@@H]1C[C@@H](O)CN1. The fraction of sp³-hybridized carbons (Fsp3) is 0.345. The van der Waals surface area contributed by atoms with Crippen LogP contribution in [0, 0.1) is 0 Å². The van der Waals surface area contributed by atoms with E-state index in [0.29, 0.717) is 52.5 Å². The van der Waals surface area contributed by atoms with Crippen LogP contribution in [0.25, 0.3) is 22.2 Å². The molecule has 1 aliphatic heterocycles. The zero-order valence-electron chi connectivity index (χ0n) is 22.2. The number of β-amino-alcohol motifs (C(OH)–C–C–N with tert-alkyl or cyclic N) is 1. The maximum absolute atomic E-state index is 13.6. The van der Waals surface area contributed by atoms with Gasteiger partial charge in [0.25, 0.3) is 10.0 Å². The second kappa shape index (κ2) is 11.4. The zero-order chi connectivity index (χ0) is 28.6. The van der Waals surface area contributed by atoms with Crippen LogP contribution in [0.4, 0.5) is 5.95 Å². The number of amides is 1. The maximum Gasteiger partial charge on any atom is 0.268 e. The first-order valence-corrected chi connectivity index (χ1v) is 15.5. The van der Waals surface area contributed by atoms with Gasteiger partial charge in [0.15, 0.2) is 0 Å². The number of carbonyl (C=O) groups is 1. The number of fused-ring (bicyclic) bond motifs is 1. The maximum atomic E-state index is 13.6. The highest BCUT2D eigenvalue weighted by atomic mass is 35.5. The molecule has 4 N–H and O–H groups in total. The van der Waals surface area contributed by atoms with Gasteiger partial charge in [-0.1, -0.05) is 48.0 Å². The van der Waals surface area contributed by atoms with Gasteiger partial charge in [0.1, 0.15) is 0 Å². The fourth-order valence-corrected chi connectivity index (χ4v) is 7.31. The topological polar surface area (TPSA) is 138 Å². The molecule has 2 aromatic heterocycles. The Labute approximate surface area is 243 Å². The summed E-state index contributed by atoms with van der Waals surface area (Å²) >= 11 is 6.58. The molecule has 10 nitrogen and oxygen atoms in total. The van der Waals surface area contributed by atoms with Crippen LogP contribution in [-0.2, 0) is 14.8 Å². The predicted octanol–water partition coefficient (Wildman–Crippen LogP) is 3.55. The van der Waals surface area contributed by atoms with Crippen LogP contribution in [0.2, 0.25) is 5.02 Å². The highest BCUT2D eigenvalue weighted by Gasteiger charge is 2.31. The first-order valence-electron chi connectivity index (χ1n) is 13.7. The van der Waals surface area contributed by atoms with Gasteiger partial charge in [-0.3, -0.25) is 4.79 Å². The van der Waals surface area contributed by atoms with Crippen molar-refractivity contribution in [2.75, 3.05) is 11.9 Å². The first kappa shape index (κ1) is 27.6. The Morgan fingerprint density at radius 1 is 1.05 bits per heavy atom. The van der Waals surface area contributed by atoms with E-state index in [2.05, 4.69) is 20.9 Å². The number of nitrogens with one attached hydrogen (secondary N) is 3. The van der Waals surface area contributed by atoms with E-state index in [9.17, 15) is 18.3 Å². The summed E-state index contributed by atoms with van der Waals surface area (Å²) in [5, 5.41) is 20.3. The summed E-state index contributed by atoms with van der Waals surface area (Å²) in [6.07, 6.45) is 6.41. The van der Waals surface area contributed by atoms with Crippen LogP contribution in [0.15, 0.2) is 71.9 Å². The number of benzene rings is 2. The zero-order valence-corrected chi connectivity index (χ0v) is 23.8. The first-order chi connectivity index (χ1) is 19.8. The molecule has 6 rings (SSSR count). The summed E-state index contributed by atoms with van der Waals surface area (Å²) in [4.78, 5) is 21.9. The average Bonchev–Trinajstić information content (AvgIpc) is 3.59. The van der Waals surface area contributed by atoms with Crippen molar-refractivity contribution in [3.63, 3.8) is 0 Å². The Bertz CT molecular complexity index is 1680. The van der Waals surface area contributed by atoms with Crippen molar-refractivity contribution < 1.29 is 18.3 Å². The molecule has 4 aromatic rings. The molecule has 41 heavy (non-hydrogen) atoms. The standard InChI is InChI=1S/C29H31ClN6O4S/c30-24-16-32-29(34-19-8-6-7-18(13-19)33-28(38)25-14-20(37)15-31-25)35-27(24)23-17-36(26-12-5-4-11-22(23)26)41(39,40)21-9-2-1-3-10-21/h1-5,9-12,16-20,25,31,37H,6-8,13-15H2,(H,33,38)(H,32,34,35)/t18-,19+,20+,25-/m0/s1. The fourth-order valence-electron chi connectivity index (χ4n) is 5.72. The molecular formula is C29H31ClN6O4S. The van der Waals surface area contributed by atoms with E-state index in [4.69, 9.17) is 16.6 Å². The largest absolute Gasteiger partial charge is 0.392 e. The molecule has 0 bridgehead atoms. The number of aromatic nitrogens is 3. The Hall–Kier alpha value is -3.51.